The monoisotopic (exact) mass is 380 g/mol. The Bertz CT molecular complexity index is 1240. The van der Waals surface area contributed by atoms with Crippen molar-refractivity contribution in [2.75, 3.05) is 7.11 Å². The molecule has 0 amide bonds. The molecule has 142 valence electrons. The number of carboxylic acids is 1. The van der Waals surface area contributed by atoms with Gasteiger partial charge in [-0.15, -0.1) is 0 Å². The highest BCUT2D eigenvalue weighted by Gasteiger charge is 2.14. The topological polar surface area (TPSA) is 130 Å². The van der Waals surface area contributed by atoms with Crippen LogP contribution in [0.2, 0.25) is 0 Å². The van der Waals surface area contributed by atoms with Crippen molar-refractivity contribution in [1.29, 1.82) is 0 Å². The van der Waals surface area contributed by atoms with Gasteiger partial charge in [-0.3, -0.25) is 20.0 Å². The van der Waals surface area contributed by atoms with Crippen LogP contribution in [0.1, 0.15) is 15.9 Å². The fourth-order valence-electron chi connectivity index (χ4n) is 2.68. The molecule has 9 heteroatoms. The lowest BCUT2D eigenvalue weighted by molar-refractivity contribution is -0.385. The highest BCUT2D eigenvalue weighted by Crippen LogP contribution is 2.27. The molecule has 0 radical (unpaired) electrons. The number of rotatable bonds is 5. The summed E-state index contributed by atoms with van der Waals surface area (Å²) in [5.74, 6) is -1.21. The van der Waals surface area contributed by atoms with Gasteiger partial charge in [-0.05, 0) is 35.4 Å². The number of H-pyrrole nitrogens is 1. The van der Waals surface area contributed by atoms with E-state index in [1.807, 2.05) is 0 Å². The third kappa shape index (κ3) is 3.40. The first-order valence-electron chi connectivity index (χ1n) is 7.97. The van der Waals surface area contributed by atoms with E-state index in [2.05, 4.69) is 11.7 Å². The van der Waals surface area contributed by atoms with Crippen LogP contribution in [-0.4, -0.2) is 27.8 Å². The zero-order chi connectivity index (χ0) is 20.4. The highest BCUT2D eigenvalue weighted by molar-refractivity contribution is 5.85. The van der Waals surface area contributed by atoms with Crippen molar-refractivity contribution in [3.63, 3.8) is 0 Å². The number of hydrogen-bond donors (Lipinski definition) is 1. The fourth-order valence-corrected chi connectivity index (χ4v) is 2.68. The molecule has 0 fully saturated rings. The molecule has 0 bridgehead atoms. The van der Waals surface area contributed by atoms with Crippen LogP contribution in [-0.2, 0) is 0 Å². The molecule has 0 aliphatic rings. The molecule has 0 atom stereocenters. The van der Waals surface area contributed by atoms with E-state index in [1.165, 1.54) is 54.3 Å². The van der Waals surface area contributed by atoms with E-state index in [0.717, 1.165) is 0 Å². The number of nitro benzene ring substituents is 1. The Morgan fingerprint density at radius 1 is 1.25 bits per heavy atom. The molecule has 0 spiro atoms. The first kappa shape index (κ1) is 18.6. The summed E-state index contributed by atoms with van der Waals surface area (Å²) in [6.07, 6.45) is 1.47. The largest absolute Gasteiger partial charge is 0.545 e. The maximum atomic E-state index is 12.7. The van der Waals surface area contributed by atoms with E-state index in [4.69, 9.17) is 4.74 Å². The zero-order valence-corrected chi connectivity index (χ0v) is 14.7. The minimum absolute atomic E-state index is 0.0180. The summed E-state index contributed by atoms with van der Waals surface area (Å²) in [6, 6.07) is 9.85. The number of methoxy groups -OCH3 is 1. The number of carbonyl (C=O) groups excluding carboxylic acids is 1. The van der Waals surface area contributed by atoms with Crippen LogP contribution in [0.25, 0.3) is 18.3 Å². The molecule has 1 heterocycles. The van der Waals surface area contributed by atoms with Crippen molar-refractivity contribution in [2.24, 2.45) is 0 Å². The number of aromatic carboxylic acids is 1. The van der Waals surface area contributed by atoms with Crippen LogP contribution in [0.4, 0.5) is 5.69 Å². The number of ether oxygens (including phenoxy) is 1. The fraction of sp³-hybridized carbons (Fsp3) is 0.0526. The Balaban J connectivity index is 2.11. The van der Waals surface area contributed by atoms with Crippen molar-refractivity contribution in [1.82, 2.24) is 9.78 Å². The summed E-state index contributed by atoms with van der Waals surface area (Å²) in [4.78, 5) is 34.2. The second kappa shape index (κ2) is 7.23. The van der Waals surface area contributed by atoms with Gasteiger partial charge < -0.3 is 14.6 Å². The van der Waals surface area contributed by atoms with E-state index in [-0.39, 0.29) is 22.2 Å². The summed E-state index contributed by atoms with van der Waals surface area (Å²) in [5, 5.41) is 25.3. The van der Waals surface area contributed by atoms with Gasteiger partial charge in [0.2, 0.25) is 0 Å². The van der Waals surface area contributed by atoms with Crippen molar-refractivity contribution in [3.8, 4) is 11.4 Å². The van der Waals surface area contributed by atoms with Crippen molar-refractivity contribution in [3.05, 3.63) is 84.6 Å². The van der Waals surface area contributed by atoms with E-state index >= 15 is 0 Å². The van der Waals surface area contributed by atoms with Gasteiger partial charge in [0, 0.05) is 6.07 Å². The van der Waals surface area contributed by atoms with Crippen LogP contribution in [0.3, 0.4) is 0 Å². The van der Waals surface area contributed by atoms with Crippen molar-refractivity contribution < 1.29 is 19.6 Å². The Hall–Kier alpha value is -4.14. The lowest BCUT2D eigenvalue weighted by Crippen LogP contribution is -2.34. The molecular formula is C19H14N3O6-. The van der Waals surface area contributed by atoms with E-state index < -0.39 is 16.5 Å². The number of benzene rings is 2. The summed E-state index contributed by atoms with van der Waals surface area (Å²) in [5.41, 5.74) is 0.143. The molecule has 28 heavy (non-hydrogen) atoms. The number of aromatic nitrogens is 2. The molecule has 9 nitrogen and oxygen atoms in total. The minimum Gasteiger partial charge on any atom is -0.545 e. The third-order valence-electron chi connectivity index (χ3n) is 4.08. The van der Waals surface area contributed by atoms with E-state index in [0.29, 0.717) is 16.6 Å². The number of nitrogens with one attached hydrogen (secondary N) is 1. The SMILES string of the molecule is C=c1[nH]n(-c2ccc(C(=O)[O-])cc2)c(=O)/c1=C\c1ccc(OC)c([N+](=O)[O-])c1. The molecule has 0 unspecified atom stereocenters. The first-order valence-corrected chi connectivity index (χ1v) is 7.97. The number of nitrogens with zero attached hydrogens (tertiary/aromatic N) is 2. The molecule has 0 saturated carbocycles. The Kier molecular flexibility index (Phi) is 4.82. The average molecular weight is 380 g/mol. The number of hydrogen-bond acceptors (Lipinski definition) is 6. The molecule has 3 aromatic rings. The van der Waals surface area contributed by atoms with Crippen LogP contribution >= 0.6 is 0 Å². The maximum Gasteiger partial charge on any atom is 0.311 e. The maximum absolute atomic E-state index is 12.7. The van der Waals surface area contributed by atoms with Crippen LogP contribution in [0.15, 0.2) is 47.3 Å². The average Bonchev–Trinajstić information content (AvgIpc) is 2.96. The summed E-state index contributed by atoms with van der Waals surface area (Å²) < 4.78 is 6.16. The Morgan fingerprint density at radius 2 is 1.93 bits per heavy atom. The van der Waals surface area contributed by atoms with Gasteiger partial charge >= 0.3 is 5.69 Å². The van der Waals surface area contributed by atoms with Crippen molar-refractivity contribution >= 4 is 24.3 Å². The van der Waals surface area contributed by atoms with Gasteiger partial charge in [-0.25, -0.2) is 4.68 Å². The summed E-state index contributed by atoms with van der Waals surface area (Å²) >= 11 is 0. The van der Waals surface area contributed by atoms with Gasteiger partial charge in [0.25, 0.3) is 5.56 Å². The van der Waals surface area contributed by atoms with Gasteiger partial charge in [-0.1, -0.05) is 24.8 Å². The molecule has 2 aromatic carbocycles. The molecule has 3 rings (SSSR count). The van der Waals surface area contributed by atoms with Gasteiger partial charge in [0.05, 0.1) is 34.3 Å². The molecule has 0 aliphatic heterocycles. The number of aromatic amines is 1. The normalized spacial score (nSPS) is 11.4. The summed E-state index contributed by atoms with van der Waals surface area (Å²) in [7, 11) is 1.33. The second-order valence-corrected chi connectivity index (χ2v) is 5.81. The molecule has 0 saturated heterocycles. The standard InChI is InChI=1S/C19H15N3O6/c1-11-15(9-12-3-8-17(28-2)16(10-12)22(26)27)18(23)21(20-11)14-6-4-13(5-7-14)19(24)25/h3-10,20H,1H2,2H3,(H,24,25)/p-1/b15-9-. The zero-order valence-electron chi connectivity index (χ0n) is 14.7. The van der Waals surface area contributed by atoms with E-state index in [1.54, 1.807) is 6.07 Å². The number of carboxylic acid groups (broad SMARTS) is 1. The van der Waals surface area contributed by atoms with Crippen LogP contribution in [0, 0.1) is 10.1 Å². The number of nitro groups is 1. The van der Waals surface area contributed by atoms with Gasteiger partial charge in [0.1, 0.15) is 0 Å². The smallest absolute Gasteiger partial charge is 0.311 e. The molecule has 1 aromatic heterocycles. The molecule has 0 aliphatic carbocycles. The minimum atomic E-state index is -1.32. The Morgan fingerprint density at radius 3 is 2.50 bits per heavy atom. The predicted octanol–water partition coefficient (Wildman–Crippen LogP) is -0.315. The molecular weight excluding hydrogens is 366 g/mol. The molecule has 1 N–H and O–H groups in total. The lowest BCUT2D eigenvalue weighted by atomic mass is 10.1. The summed E-state index contributed by atoms with van der Waals surface area (Å²) in [6.45, 7) is 3.79. The third-order valence-corrected chi connectivity index (χ3v) is 4.08. The quantitative estimate of drug-likeness (QED) is 0.477. The number of carbonyl (C=O) groups is 1. The Labute approximate surface area is 157 Å². The van der Waals surface area contributed by atoms with Crippen LogP contribution < -0.4 is 26.0 Å². The first-order chi connectivity index (χ1) is 13.3. The van der Waals surface area contributed by atoms with E-state index in [9.17, 15) is 24.8 Å². The van der Waals surface area contributed by atoms with Crippen LogP contribution in [0.5, 0.6) is 5.75 Å². The lowest BCUT2D eigenvalue weighted by Gasteiger charge is -2.04. The second-order valence-electron chi connectivity index (χ2n) is 5.81. The van der Waals surface area contributed by atoms with Gasteiger partial charge in [0.15, 0.2) is 5.75 Å². The highest BCUT2D eigenvalue weighted by atomic mass is 16.6. The predicted molar refractivity (Wildman–Crippen MR) is 98.7 cm³/mol. The van der Waals surface area contributed by atoms with Gasteiger partial charge in [-0.2, -0.15) is 0 Å². The van der Waals surface area contributed by atoms with Crippen molar-refractivity contribution in [2.45, 2.75) is 0 Å².